The highest BCUT2D eigenvalue weighted by molar-refractivity contribution is 8.00. The number of nitrogens with zero attached hydrogens (tertiary/aromatic N) is 2. The molecule has 5 rings (SSSR count). The summed E-state index contributed by atoms with van der Waals surface area (Å²) in [6, 6.07) is 19.1. The van der Waals surface area contributed by atoms with Crippen LogP contribution in [0.15, 0.2) is 77.4 Å². The van der Waals surface area contributed by atoms with Crippen LogP contribution in [0, 0.1) is 0 Å². The fourth-order valence-corrected chi connectivity index (χ4v) is 6.67. The van der Waals surface area contributed by atoms with E-state index in [1.54, 1.807) is 13.0 Å². The molecule has 0 aliphatic carbocycles. The molecule has 0 aliphatic heterocycles. The minimum Gasteiger partial charge on any atom is -0.462 e. The van der Waals surface area contributed by atoms with Crippen LogP contribution in [0.3, 0.4) is 0 Å². The van der Waals surface area contributed by atoms with Gasteiger partial charge in [0.15, 0.2) is 0 Å². The number of fused-ring (bicyclic) bond motifs is 1. The minimum absolute atomic E-state index is 0.114. The van der Waals surface area contributed by atoms with E-state index in [9.17, 15) is 9.59 Å². The first kappa shape index (κ1) is 25.4. The lowest BCUT2D eigenvalue weighted by Gasteiger charge is -2.07. The van der Waals surface area contributed by atoms with E-state index in [0.717, 1.165) is 31.8 Å². The number of esters is 1. The number of aromatic nitrogens is 2. The van der Waals surface area contributed by atoms with E-state index >= 15 is 0 Å². The van der Waals surface area contributed by atoms with Crippen LogP contribution in [0.2, 0.25) is 5.02 Å². The maximum Gasteiger partial charge on any atom is 0.341 e. The van der Waals surface area contributed by atoms with E-state index in [4.69, 9.17) is 16.3 Å². The van der Waals surface area contributed by atoms with Gasteiger partial charge in [0.25, 0.3) is 0 Å². The van der Waals surface area contributed by atoms with Gasteiger partial charge in [0.1, 0.15) is 21.2 Å². The Labute approximate surface area is 230 Å². The van der Waals surface area contributed by atoms with Crippen LogP contribution < -0.4 is 5.32 Å². The van der Waals surface area contributed by atoms with Gasteiger partial charge in [0.2, 0.25) is 5.91 Å². The molecule has 1 N–H and O–H groups in total. The van der Waals surface area contributed by atoms with Gasteiger partial charge in [-0.2, -0.15) is 0 Å². The molecule has 6 nitrogen and oxygen atoms in total. The van der Waals surface area contributed by atoms with E-state index in [1.807, 2.05) is 60.0 Å². The van der Waals surface area contributed by atoms with E-state index < -0.39 is 5.97 Å². The zero-order valence-electron chi connectivity index (χ0n) is 19.6. The molecule has 3 aromatic heterocycles. The van der Waals surface area contributed by atoms with E-state index in [1.165, 1.54) is 40.8 Å². The van der Waals surface area contributed by atoms with Gasteiger partial charge < -0.3 is 10.1 Å². The number of benzene rings is 2. The van der Waals surface area contributed by atoms with Gasteiger partial charge in [-0.3, -0.25) is 4.79 Å². The number of anilines is 1. The molecule has 0 aliphatic rings. The van der Waals surface area contributed by atoms with E-state index in [-0.39, 0.29) is 18.3 Å². The SMILES string of the molecule is CCOC(=O)c1cc(-c2ccccc2)sc1NC(=O)CSc1ncnc2scc(-c3ccc(Cl)cc3)c12. The van der Waals surface area contributed by atoms with Crippen molar-refractivity contribution >= 4 is 73.1 Å². The average molecular weight is 566 g/mol. The largest absolute Gasteiger partial charge is 0.462 e. The van der Waals surface area contributed by atoms with Crippen molar-refractivity contribution in [1.82, 2.24) is 9.97 Å². The summed E-state index contributed by atoms with van der Waals surface area (Å²) >= 11 is 10.3. The van der Waals surface area contributed by atoms with Crippen molar-refractivity contribution in [2.24, 2.45) is 0 Å². The summed E-state index contributed by atoms with van der Waals surface area (Å²) in [5, 5.41) is 7.69. The van der Waals surface area contributed by atoms with Gasteiger partial charge in [0, 0.05) is 20.8 Å². The van der Waals surface area contributed by atoms with Crippen LogP contribution >= 0.6 is 46.0 Å². The fourth-order valence-electron chi connectivity index (χ4n) is 3.68. The first-order valence-electron chi connectivity index (χ1n) is 11.3. The van der Waals surface area contributed by atoms with Crippen LogP contribution in [0.4, 0.5) is 5.00 Å². The summed E-state index contributed by atoms with van der Waals surface area (Å²) in [4.78, 5) is 36.2. The van der Waals surface area contributed by atoms with Crippen molar-refractivity contribution in [3.8, 4) is 21.6 Å². The monoisotopic (exact) mass is 565 g/mol. The highest BCUT2D eigenvalue weighted by Crippen LogP contribution is 2.39. The van der Waals surface area contributed by atoms with Crippen LogP contribution in [0.25, 0.3) is 31.8 Å². The zero-order chi connectivity index (χ0) is 25.8. The van der Waals surface area contributed by atoms with Gasteiger partial charge in [-0.15, -0.1) is 22.7 Å². The van der Waals surface area contributed by atoms with Gasteiger partial charge in [-0.05, 0) is 36.2 Å². The zero-order valence-corrected chi connectivity index (χ0v) is 22.8. The van der Waals surface area contributed by atoms with Crippen molar-refractivity contribution in [1.29, 1.82) is 0 Å². The predicted molar refractivity (Wildman–Crippen MR) is 153 cm³/mol. The molecule has 0 bridgehead atoms. The number of hydrogen-bond donors (Lipinski definition) is 1. The topological polar surface area (TPSA) is 81.2 Å². The third-order valence-electron chi connectivity index (χ3n) is 5.37. The number of thiophene rings is 2. The Balaban J connectivity index is 1.37. The Bertz CT molecular complexity index is 1570. The average Bonchev–Trinajstić information content (AvgIpc) is 3.54. The van der Waals surface area contributed by atoms with Crippen LogP contribution in [0.1, 0.15) is 17.3 Å². The van der Waals surface area contributed by atoms with Crippen LogP contribution in [-0.2, 0) is 9.53 Å². The summed E-state index contributed by atoms with van der Waals surface area (Å²) in [5.74, 6) is -0.595. The number of nitrogens with one attached hydrogen (secondary N) is 1. The van der Waals surface area contributed by atoms with Crippen molar-refractivity contribution in [2.45, 2.75) is 11.9 Å². The molecule has 0 fully saturated rings. The highest BCUT2D eigenvalue weighted by Gasteiger charge is 2.21. The number of ether oxygens (including phenoxy) is 1. The maximum absolute atomic E-state index is 13.0. The molecule has 0 saturated heterocycles. The molecule has 186 valence electrons. The van der Waals surface area contributed by atoms with Gasteiger partial charge >= 0.3 is 5.97 Å². The van der Waals surface area contributed by atoms with Gasteiger partial charge in [-0.1, -0.05) is 65.8 Å². The molecule has 5 aromatic rings. The second-order valence-electron chi connectivity index (χ2n) is 7.79. The normalized spacial score (nSPS) is 11.0. The Morgan fingerprint density at radius 3 is 2.59 bits per heavy atom. The lowest BCUT2D eigenvalue weighted by molar-refractivity contribution is -0.113. The third kappa shape index (κ3) is 5.70. The van der Waals surface area contributed by atoms with Crippen LogP contribution in [-0.4, -0.2) is 34.2 Å². The Kier molecular flexibility index (Phi) is 7.85. The predicted octanol–water partition coefficient (Wildman–Crippen LogP) is 7.65. The van der Waals surface area contributed by atoms with Crippen molar-refractivity contribution in [2.75, 3.05) is 17.7 Å². The molecule has 1 amide bonds. The highest BCUT2D eigenvalue weighted by atomic mass is 35.5. The molecule has 10 heteroatoms. The number of carbonyl (C=O) groups is 2. The number of hydrogen-bond acceptors (Lipinski definition) is 8. The van der Waals surface area contributed by atoms with E-state index in [2.05, 4.69) is 15.3 Å². The van der Waals surface area contributed by atoms with Crippen molar-refractivity contribution < 1.29 is 14.3 Å². The Hall–Kier alpha value is -3.24. The second-order valence-corrected chi connectivity index (χ2v) is 11.1. The number of halogens is 1. The van der Waals surface area contributed by atoms with Gasteiger partial charge in [0.05, 0.1) is 23.3 Å². The summed E-state index contributed by atoms with van der Waals surface area (Å²) < 4.78 is 5.22. The summed E-state index contributed by atoms with van der Waals surface area (Å²) in [6.07, 6.45) is 1.51. The number of amides is 1. The van der Waals surface area contributed by atoms with Crippen molar-refractivity contribution in [3.05, 3.63) is 83.0 Å². The molecule has 0 saturated carbocycles. The number of carbonyl (C=O) groups excluding carboxylic acids is 2. The maximum atomic E-state index is 13.0. The first-order valence-corrected chi connectivity index (χ1v) is 14.4. The molecule has 0 unspecified atom stereocenters. The third-order valence-corrected chi connectivity index (χ3v) is 8.60. The lowest BCUT2D eigenvalue weighted by Crippen LogP contribution is -2.16. The number of rotatable bonds is 8. The smallest absolute Gasteiger partial charge is 0.341 e. The molecular weight excluding hydrogens is 546 g/mol. The molecule has 0 atom stereocenters. The summed E-state index contributed by atoms with van der Waals surface area (Å²) in [7, 11) is 0. The Morgan fingerprint density at radius 1 is 1.05 bits per heavy atom. The molecular formula is C27H20ClN3O3S3. The molecule has 0 spiro atoms. The molecule has 2 aromatic carbocycles. The Morgan fingerprint density at radius 2 is 1.84 bits per heavy atom. The quantitative estimate of drug-likeness (QED) is 0.118. The van der Waals surface area contributed by atoms with E-state index in [0.29, 0.717) is 20.6 Å². The summed E-state index contributed by atoms with van der Waals surface area (Å²) in [6.45, 7) is 2.00. The molecule has 0 radical (unpaired) electrons. The second kappa shape index (κ2) is 11.4. The lowest BCUT2D eigenvalue weighted by atomic mass is 10.1. The molecule has 3 heterocycles. The minimum atomic E-state index is -0.465. The molecule has 37 heavy (non-hydrogen) atoms. The van der Waals surface area contributed by atoms with Crippen molar-refractivity contribution in [3.63, 3.8) is 0 Å². The number of thioether (sulfide) groups is 1. The fraction of sp³-hybridized carbons (Fsp3) is 0.111. The first-order chi connectivity index (χ1) is 18.0. The van der Waals surface area contributed by atoms with Gasteiger partial charge in [-0.25, -0.2) is 14.8 Å². The van der Waals surface area contributed by atoms with Crippen LogP contribution in [0.5, 0.6) is 0 Å². The summed E-state index contributed by atoms with van der Waals surface area (Å²) in [5.41, 5.74) is 3.30. The standard InChI is InChI=1S/C27H20ClN3O3S3/c1-2-34-27(33)19-12-21(17-6-4-3-5-7-17)37-24(19)31-22(32)14-36-26-23-20(13-35-25(23)29-15-30-26)16-8-10-18(28)11-9-16/h3-13,15H,2,14H2,1H3,(H,31,32).